The summed E-state index contributed by atoms with van der Waals surface area (Å²) in [6.07, 6.45) is -0.398. The van der Waals surface area contributed by atoms with Gasteiger partial charge in [-0.2, -0.15) is 0 Å². The van der Waals surface area contributed by atoms with Crippen molar-refractivity contribution in [1.82, 2.24) is 0 Å². The van der Waals surface area contributed by atoms with E-state index < -0.39 is 24.6 Å². The molecule has 3 aromatic rings. The van der Waals surface area contributed by atoms with Gasteiger partial charge in [-0.05, 0) is 55.5 Å². The molecule has 0 heterocycles. The number of esters is 1. The maximum absolute atomic E-state index is 12.3. The second-order valence-electron chi connectivity index (χ2n) is 6.51. The number of amides is 1. The normalized spacial score (nSPS) is 11.1. The topological polar surface area (TPSA) is 90.9 Å². The lowest BCUT2D eigenvalue weighted by Gasteiger charge is -2.14. The van der Waals surface area contributed by atoms with Crippen LogP contribution in [0.1, 0.15) is 17.3 Å². The van der Waals surface area contributed by atoms with E-state index in [0.29, 0.717) is 29.0 Å². The average molecular weight is 419 g/mol. The fourth-order valence-corrected chi connectivity index (χ4v) is 2.61. The fraction of sp³-hybridized carbons (Fsp3) is 0.125. The molecule has 1 N–H and O–H groups in total. The minimum atomic E-state index is -1.03. The summed E-state index contributed by atoms with van der Waals surface area (Å²) in [4.78, 5) is 35.2. The summed E-state index contributed by atoms with van der Waals surface area (Å²) in [6, 6.07) is 22.6. The van der Waals surface area contributed by atoms with Crippen molar-refractivity contribution in [2.24, 2.45) is 0 Å². The lowest BCUT2D eigenvalue weighted by molar-refractivity contribution is -0.155. The molecule has 1 amide bonds. The first-order chi connectivity index (χ1) is 15.0. The minimum absolute atomic E-state index is 0.268. The zero-order valence-corrected chi connectivity index (χ0v) is 16.8. The first-order valence-corrected chi connectivity index (χ1v) is 9.55. The number of aldehydes is 1. The summed E-state index contributed by atoms with van der Waals surface area (Å²) in [5, 5.41) is 2.67. The smallest absolute Gasteiger partial charge is 0.344 e. The highest BCUT2D eigenvalue weighted by Gasteiger charge is 2.18. The standard InChI is InChI=1S/C24H21NO6/c1-17(30-23(27)16-29-22-10-6-5-7-18(22)15-26)24(28)25-19-11-13-21(14-12-19)31-20-8-3-2-4-9-20/h2-15,17H,16H2,1H3,(H,25,28)/t17-/m0/s1. The number of rotatable bonds is 9. The van der Waals surface area contributed by atoms with Gasteiger partial charge in [-0.15, -0.1) is 0 Å². The van der Waals surface area contributed by atoms with Crippen molar-refractivity contribution in [3.05, 3.63) is 84.4 Å². The van der Waals surface area contributed by atoms with E-state index in [1.165, 1.54) is 6.92 Å². The molecule has 158 valence electrons. The first-order valence-electron chi connectivity index (χ1n) is 9.55. The number of nitrogens with one attached hydrogen (secondary N) is 1. The van der Waals surface area contributed by atoms with E-state index in [4.69, 9.17) is 14.2 Å². The van der Waals surface area contributed by atoms with Crippen LogP contribution in [0, 0.1) is 0 Å². The van der Waals surface area contributed by atoms with Crippen LogP contribution in [0.15, 0.2) is 78.9 Å². The summed E-state index contributed by atoms with van der Waals surface area (Å²) in [5.41, 5.74) is 0.852. The molecule has 1 atom stereocenters. The highest BCUT2D eigenvalue weighted by molar-refractivity contribution is 5.95. The van der Waals surface area contributed by atoms with E-state index in [2.05, 4.69) is 5.32 Å². The van der Waals surface area contributed by atoms with Gasteiger partial charge in [-0.1, -0.05) is 30.3 Å². The monoisotopic (exact) mass is 419 g/mol. The summed E-state index contributed by atoms with van der Waals surface area (Å²) in [7, 11) is 0. The lowest BCUT2D eigenvalue weighted by atomic mass is 10.2. The largest absolute Gasteiger partial charge is 0.481 e. The van der Waals surface area contributed by atoms with E-state index in [1.54, 1.807) is 48.5 Å². The van der Waals surface area contributed by atoms with Gasteiger partial charge in [0, 0.05) is 5.69 Å². The van der Waals surface area contributed by atoms with Crippen molar-refractivity contribution in [3.63, 3.8) is 0 Å². The van der Waals surface area contributed by atoms with Crippen LogP contribution < -0.4 is 14.8 Å². The van der Waals surface area contributed by atoms with Gasteiger partial charge in [-0.25, -0.2) is 4.79 Å². The van der Waals surface area contributed by atoms with Gasteiger partial charge in [-0.3, -0.25) is 9.59 Å². The highest BCUT2D eigenvalue weighted by Crippen LogP contribution is 2.22. The van der Waals surface area contributed by atoms with Crippen LogP contribution in [0.4, 0.5) is 5.69 Å². The van der Waals surface area contributed by atoms with E-state index >= 15 is 0 Å². The summed E-state index contributed by atoms with van der Waals surface area (Å²) in [5.74, 6) is 0.381. The van der Waals surface area contributed by atoms with Gasteiger partial charge in [0.15, 0.2) is 19.0 Å². The molecule has 0 unspecified atom stereocenters. The Hall–Kier alpha value is -4.13. The van der Waals surface area contributed by atoms with Crippen LogP contribution in [0.3, 0.4) is 0 Å². The molecule has 7 nitrogen and oxygen atoms in total. The molecule has 0 fully saturated rings. The van der Waals surface area contributed by atoms with Crippen LogP contribution >= 0.6 is 0 Å². The number of ether oxygens (including phenoxy) is 3. The Balaban J connectivity index is 1.47. The number of hydrogen-bond donors (Lipinski definition) is 1. The molecule has 0 aromatic heterocycles. The van der Waals surface area contributed by atoms with Crippen molar-refractivity contribution in [1.29, 1.82) is 0 Å². The third-order valence-electron chi connectivity index (χ3n) is 4.17. The van der Waals surface area contributed by atoms with Gasteiger partial charge in [0.2, 0.25) is 0 Å². The summed E-state index contributed by atoms with van der Waals surface area (Å²) >= 11 is 0. The minimum Gasteiger partial charge on any atom is -0.481 e. The zero-order valence-electron chi connectivity index (χ0n) is 16.8. The number of anilines is 1. The maximum atomic E-state index is 12.3. The third-order valence-corrected chi connectivity index (χ3v) is 4.17. The number of para-hydroxylation sites is 2. The van der Waals surface area contributed by atoms with Crippen molar-refractivity contribution >= 4 is 23.9 Å². The summed E-state index contributed by atoms with van der Waals surface area (Å²) in [6.45, 7) is 1.04. The Bertz CT molecular complexity index is 1030. The fourth-order valence-electron chi connectivity index (χ4n) is 2.61. The molecular formula is C24H21NO6. The van der Waals surface area contributed by atoms with Crippen LogP contribution in [-0.4, -0.2) is 30.9 Å². The molecular weight excluding hydrogens is 398 g/mol. The van der Waals surface area contributed by atoms with Gasteiger partial charge in [0.25, 0.3) is 5.91 Å². The molecule has 7 heteroatoms. The van der Waals surface area contributed by atoms with Crippen molar-refractivity contribution in [3.8, 4) is 17.2 Å². The maximum Gasteiger partial charge on any atom is 0.344 e. The Morgan fingerprint density at radius 1 is 0.903 bits per heavy atom. The van der Waals surface area contributed by atoms with E-state index in [9.17, 15) is 14.4 Å². The first kappa shape index (κ1) is 21.6. The van der Waals surface area contributed by atoms with Crippen LogP contribution in [0.25, 0.3) is 0 Å². The van der Waals surface area contributed by atoms with Gasteiger partial charge in [0.1, 0.15) is 17.2 Å². The molecule has 0 radical (unpaired) electrons. The van der Waals surface area contributed by atoms with Crippen molar-refractivity contribution < 1.29 is 28.6 Å². The number of carbonyl (C=O) groups is 3. The van der Waals surface area contributed by atoms with Crippen molar-refractivity contribution in [2.45, 2.75) is 13.0 Å². The number of benzene rings is 3. The van der Waals surface area contributed by atoms with Gasteiger partial charge in [0.05, 0.1) is 5.56 Å². The average Bonchev–Trinajstić information content (AvgIpc) is 2.79. The summed E-state index contributed by atoms with van der Waals surface area (Å²) < 4.78 is 16.1. The quantitative estimate of drug-likeness (QED) is 0.412. The van der Waals surface area contributed by atoms with Crippen LogP contribution in [0.2, 0.25) is 0 Å². The molecule has 0 saturated carbocycles. The zero-order chi connectivity index (χ0) is 22.1. The molecule has 0 spiro atoms. The number of carbonyl (C=O) groups excluding carboxylic acids is 3. The van der Waals surface area contributed by atoms with E-state index in [0.717, 1.165) is 0 Å². The Labute approximate surface area is 179 Å². The highest BCUT2D eigenvalue weighted by atomic mass is 16.6. The van der Waals surface area contributed by atoms with Gasteiger partial charge >= 0.3 is 5.97 Å². The predicted molar refractivity (Wildman–Crippen MR) is 114 cm³/mol. The van der Waals surface area contributed by atoms with Crippen LogP contribution in [-0.2, 0) is 14.3 Å². The molecule has 0 aliphatic rings. The van der Waals surface area contributed by atoms with Crippen molar-refractivity contribution in [2.75, 3.05) is 11.9 Å². The third kappa shape index (κ3) is 6.43. The SMILES string of the molecule is C[C@H](OC(=O)COc1ccccc1C=O)C(=O)Nc1ccc(Oc2ccccc2)cc1. The Morgan fingerprint density at radius 2 is 1.55 bits per heavy atom. The predicted octanol–water partition coefficient (Wildman–Crippen LogP) is 4.24. The second-order valence-corrected chi connectivity index (χ2v) is 6.51. The molecule has 0 bridgehead atoms. The second kappa shape index (κ2) is 10.6. The molecule has 3 rings (SSSR count). The van der Waals surface area contributed by atoms with Crippen LogP contribution in [0.5, 0.6) is 17.2 Å². The molecule has 31 heavy (non-hydrogen) atoms. The lowest BCUT2D eigenvalue weighted by Crippen LogP contribution is -2.31. The number of hydrogen-bond acceptors (Lipinski definition) is 6. The van der Waals surface area contributed by atoms with E-state index in [1.807, 2.05) is 30.3 Å². The molecule has 3 aromatic carbocycles. The molecule has 0 aliphatic heterocycles. The van der Waals surface area contributed by atoms with E-state index in [-0.39, 0.29) is 5.75 Å². The Morgan fingerprint density at radius 3 is 2.26 bits per heavy atom. The molecule has 0 aliphatic carbocycles. The van der Waals surface area contributed by atoms with Gasteiger partial charge < -0.3 is 19.5 Å². The molecule has 0 saturated heterocycles. The Kier molecular flexibility index (Phi) is 7.37.